The van der Waals surface area contributed by atoms with Gasteiger partial charge in [-0.05, 0) is 44.8 Å². The monoisotopic (exact) mass is 1040 g/mol. The Hall–Kier alpha value is -10.9. The van der Waals surface area contributed by atoms with Gasteiger partial charge in [0.1, 0.15) is 11.7 Å². The van der Waals surface area contributed by atoms with Crippen LogP contribution in [0.1, 0.15) is 17.2 Å². The predicted molar refractivity (Wildman–Crippen MR) is 268 cm³/mol. The van der Waals surface area contributed by atoms with Gasteiger partial charge in [-0.2, -0.15) is 0 Å². The lowest BCUT2D eigenvalue weighted by Crippen LogP contribution is -2.68. The van der Waals surface area contributed by atoms with Crippen molar-refractivity contribution in [1.82, 2.24) is 47.9 Å². The standard InChI is InChI=1S/C43H49N21O11/c44-29(65)30(58-40(45)46)54-35(67)32(60-42(49)50)56-37(69)33(61-43(51)52)57-36(68)31(59-41(47)48)55-34(66)28(19-8-2-1-3-9-19)53-38(70)39(71)62(26-15-14-22(63(72)73)17-27(26)64(74)75)18-25-23-12-6-4-10-20(23)16-21-11-5-7-13-24(21)25/h1-17,28,30-33,39,71H,18H2,(H2,44,65)(H,53,70)(H,54,67)(H,55,66)(H,56,69)(H,57,68)(H4,45,46,58)(H4,47,48,59)(H4,49,50,60)(H4,51,52,61). The minimum atomic E-state index is -2.43. The summed E-state index contributed by atoms with van der Waals surface area (Å²) in [7, 11) is 0. The van der Waals surface area contributed by atoms with E-state index in [0.29, 0.717) is 33.2 Å². The number of hydrogen-bond acceptors (Lipinski definition) is 16. The van der Waals surface area contributed by atoms with Gasteiger partial charge in [-0.25, -0.2) is 0 Å². The van der Waals surface area contributed by atoms with Gasteiger partial charge in [-0.3, -0.25) is 70.6 Å². The van der Waals surface area contributed by atoms with E-state index in [4.69, 9.17) is 50.3 Å². The molecule has 32 nitrogen and oxygen atoms in total. The maximum atomic E-state index is 14.5. The van der Waals surface area contributed by atoms with Crippen LogP contribution in [-0.4, -0.2) is 105 Å². The van der Waals surface area contributed by atoms with Gasteiger partial charge in [-0.15, -0.1) is 0 Å². The zero-order valence-electron chi connectivity index (χ0n) is 38.7. The fourth-order valence-corrected chi connectivity index (χ4v) is 7.27. The van der Waals surface area contributed by atoms with Crippen molar-refractivity contribution in [1.29, 1.82) is 21.6 Å². The van der Waals surface area contributed by atoms with Crippen LogP contribution in [0.4, 0.5) is 17.1 Å². The number of aliphatic hydroxyl groups excluding tert-OH is 1. The number of nitrogens with zero attached hydrogens (tertiary/aromatic N) is 3. The zero-order chi connectivity index (χ0) is 55.3. The molecular weight excluding hydrogens is 987 g/mol. The molecular formula is C43H49N21O11. The topological polar surface area (TPSA) is 546 Å². The van der Waals surface area contributed by atoms with E-state index in [1.54, 1.807) is 54.6 Å². The minimum Gasteiger partial charge on any atom is -0.370 e. The Balaban J connectivity index is 1.49. The van der Waals surface area contributed by atoms with Crippen LogP contribution in [0, 0.1) is 41.9 Å². The quantitative estimate of drug-likeness (QED) is 0.00789. The second-order valence-corrected chi connectivity index (χ2v) is 15.7. The summed E-state index contributed by atoms with van der Waals surface area (Å²) in [6, 6.07) is 23.8. The van der Waals surface area contributed by atoms with Crippen LogP contribution in [0.25, 0.3) is 21.5 Å². The molecule has 6 unspecified atom stereocenters. The number of non-ortho nitro benzene ring substituents is 1. The third-order valence-corrected chi connectivity index (χ3v) is 10.5. The molecule has 5 rings (SSSR count). The number of hydrogen-bond donors (Lipinski definition) is 19. The summed E-state index contributed by atoms with van der Waals surface area (Å²) in [5.74, 6) is -11.8. The number of nitrogens with two attached hydrogens (primary N) is 5. The van der Waals surface area contributed by atoms with Gasteiger partial charge in [0.2, 0.25) is 12.1 Å². The van der Waals surface area contributed by atoms with Gasteiger partial charge in [0.25, 0.3) is 40.9 Å². The molecule has 5 aromatic rings. The van der Waals surface area contributed by atoms with E-state index in [-0.39, 0.29) is 5.56 Å². The average Bonchev–Trinajstić information content (AvgIpc) is 3.35. The van der Waals surface area contributed by atoms with Crippen LogP contribution < -0.4 is 81.4 Å². The first-order chi connectivity index (χ1) is 35.4. The number of rotatable bonds is 22. The van der Waals surface area contributed by atoms with Crippen molar-refractivity contribution in [2.75, 3.05) is 4.90 Å². The number of nitro groups is 2. The van der Waals surface area contributed by atoms with Crippen molar-refractivity contribution in [2.45, 2.75) is 43.5 Å². The average molecular weight is 1040 g/mol. The lowest BCUT2D eigenvalue weighted by Gasteiger charge is -2.31. The number of fused-ring (bicyclic) bond motifs is 2. The normalized spacial score (nSPS) is 13.1. The molecule has 5 aromatic carbocycles. The van der Waals surface area contributed by atoms with Gasteiger partial charge in [0.05, 0.1) is 15.9 Å². The van der Waals surface area contributed by atoms with E-state index >= 15 is 0 Å². The van der Waals surface area contributed by atoms with Crippen LogP contribution in [0.3, 0.4) is 0 Å². The van der Waals surface area contributed by atoms with Crippen molar-refractivity contribution >= 4 is 97.9 Å². The van der Waals surface area contributed by atoms with Crippen LogP contribution in [0.5, 0.6) is 0 Å². The Morgan fingerprint density at radius 3 is 1.39 bits per heavy atom. The van der Waals surface area contributed by atoms with E-state index in [2.05, 4.69) is 31.9 Å². The van der Waals surface area contributed by atoms with Crippen molar-refractivity contribution in [2.24, 2.45) is 28.7 Å². The highest BCUT2D eigenvalue weighted by molar-refractivity contribution is 6.03. The zero-order valence-corrected chi connectivity index (χ0v) is 38.7. The molecule has 0 aliphatic carbocycles. The molecule has 0 spiro atoms. The molecule has 0 fully saturated rings. The Labute approximate surface area is 421 Å². The van der Waals surface area contributed by atoms with Crippen LogP contribution in [0.15, 0.2) is 103 Å². The summed E-state index contributed by atoms with van der Waals surface area (Å²) in [6.07, 6.45) is -10.7. The number of nitrogens with one attached hydrogen (secondary N) is 13. The number of nitro benzene ring substituents is 2. The van der Waals surface area contributed by atoms with E-state index in [0.717, 1.165) is 17.0 Å². The second kappa shape index (κ2) is 24.3. The molecule has 0 radical (unpaired) electrons. The van der Waals surface area contributed by atoms with Crippen molar-refractivity contribution in [3.8, 4) is 0 Å². The number of aliphatic hydroxyl groups is 1. The first-order valence-corrected chi connectivity index (χ1v) is 21.5. The number of primary amides is 1. The Morgan fingerprint density at radius 2 is 0.947 bits per heavy atom. The van der Waals surface area contributed by atoms with E-state index in [1.807, 2.05) is 22.0 Å². The molecule has 0 saturated heterocycles. The fourth-order valence-electron chi connectivity index (χ4n) is 7.27. The molecule has 6 atom stereocenters. The number of carbonyl (C=O) groups is 6. The van der Waals surface area contributed by atoms with Crippen LogP contribution in [-0.2, 0) is 35.3 Å². The number of guanidine groups is 4. The number of benzene rings is 5. The SMILES string of the molecule is N=C(N)NC(NC(=O)C(NC(=N)N)NC(=O)C(NC(=N)N)NC(=O)C(NC(=N)N)NC(=O)C(NC(=O)C(O)N(Cc1c2ccccc2cc2ccccc12)c1ccc([N+](=O)[O-])cc1[N+](=O)[O-])c1ccccc1)C(N)=O. The molecule has 0 aromatic heterocycles. The largest absolute Gasteiger partial charge is 0.370 e. The molecule has 24 N–H and O–H groups in total. The summed E-state index contributed by atoms with van der Waals surface area (Å²) < 4.78 is 0. The Kier molecular flexibility index (Phi) is 17.8. The lowest BCUT2D eigenvalue weighted by atomic mass is 9.96. The molecule has 32 heteroatoms. The van der Waals surface area contributed by atoms with Crippen molar-refractivity contribution < 1.29 is 43.7 Å². The van der Waals surface area contributed by atoms with E-state index in [1.165, 1.54) is 24.3 Å². The summed E-state index contributed by atoms with van der Waals surface area (Å²) >= 11 is 0. The maximum Gasteiger partial charge on any atom is 0.299 e. The molecule has 392 valence electrons. The third kappa shape index (κ3) is 14.3. The van der Waals surface area contributed by atoms with Crippen LogP contribution >= 0.6 is 0 Å². The first-order valence-electron chi connectivity index (χ1n) is 21.5. The van der Waals surface area contributed by atoms with Crippen molar-refractivity contribution in [3.63, 3.8) is 0 Å². The summed E-state index contributed by atoms with van der Waals surface area (Å²) in [5.41, 5.74) is 25.3. The molecule has 75 heavy (non-hydrogen) atoms. The molecule has 0 saturated carbocycles. The number of anilines is 1. The second-order valence-electron chi connectivity index (χ2n) is 15.7. The smallest absolute Gasteiger partial charge is 0.299 e. The first kappa shape index (κ1) is 55.0. The Morgan fingerprint density at radius 1 is 0.520 bits per heavy atom. The number of carbonyl (C=O) groups excluding carboxylic acids is 6. The van der Waals surface area contributed by atoms with Gasteiger partial charge >= 0.3 is 0 Å². The maximum absolute atomic E-state index is 14.5. The Bertz CT molecular complexity index is 3050. The highest BCUT2D eigenvalue weighted by atomic mass is 16.6. The molecule has 0 aliphatic heterocycles. The predicted octanol–water partition coefficient (Wildman–Crippen LogP) is -3.82. The summed E-state index contributed by atoms with van der Waals surface area (Å²) in [6.45, 7) is -0.452. The highest BCUT2D eigenvalue weighted by Crippen LogP contribution is 2.37. The molecule has 6 amide bonds. The van der Waals surface area contributed by atoms with Crippen LogP contribution in [0.2, 0.25) is 0 Å². The van der Waals surface area contributed by atoms with E-state index in [9.17, 15) is 54.1 Å². The highest BCUT2D eigenvalue weighted by Gasteiger charge is 2.37. The van der Waals surface area contributed by atoms with Gasteiger partial charge in [0.15, 0.2) is 48.5 Å². The van der Waals surface area contributed by atoms with Gasteiger partial charge < -0.3 is 86.5 Å². The summed E-state index contributed by atoms with van der Waals surface area (Å²) in [4.78, 5) is 105. The number of amides is 6. The third-order valence-electron chi connectivity index (χ3n) is 10.5. The van der Waals surface area contributed by atoms with Gasteiger partial charge in [0, 0.05) is 12.6 Å². The molecule has 0 bridgehead atoms. The minimum absolute atomic E-state index is 0.000292. The van der Waals surface area contributed by atoms with Gasteiger partial charge in [-0.1, -0.05) is 78.9 Å². The fraction of sp³-hybridized carbons (Fsp3) is 0.163. The lowest BCUT2D eigenvalue weighted by molar-refractivity contribution is -0.393. The van der Waals surface area contributed by atoms with Crippen molar-refractivity contribution in [3.05, 3.63) is 134 Å². The van der Waals surface area contributed by atoms with E-state index < -0.39 is 130 Å². The molecule has 0 aliphatic rings. The molecule has 0 heterocycles. The summed E-state index contributed by atoms with van der Waals surface area (Å²) in [5, 5.41) is 88.6.